The summed E-state index contributed by atoms with van der Waals surface area (Å²) < 4.78 is 5.71. The average Bonchev–Trinajstić information content (AvgIpc) is 2.89. The number of aromatic amines is 1. The summed E-state index contributed by atoms with van der Waals surface area (Å²) in [5.41, 5.74) is 1.69. The molecular weight excluding hydrogens is 230 g/mol. The Labute approximate surface area is 103 Å². The highest BCUT2D eigenvalue weighted by molar-refractivity contribution is 5.79. The van der Waals surface area contributed by atoms with Crippen LogP contribution in [0.2, 0.25) is 0 Å². The monoisotopic (exact) mass is 241 g/mol. The second-order valence-corrected chi connectivity index (χ2v) is 3.69. The lowest BCUT2D eigenvalue weighted by atomic mass is 10.3. The third-order valence-electron chi connectivity index (χ3n) is 2.57. The molecule has 90 valence electrons. The summed E-state index contributed by atoms with van der Waals surface area (Å²) in [5, 5.41) is 10.5. The Balaban J connectivity index is 1.93. The lowest BCUT2D eigenvalue weighted by molar-refractivity contribution is 0.468. The lowest BCUT2D eigenvalue weighted by Crippen LogP contribution is -1.91. The Morgan fingerprint density at radius 1 is 1.17 bits per heavy atom. The minimum absolute atomic E-state index is 0.492. The van der Waals surface area contributed by atoms with E-state index < -0.39 is 0 Å². The number of fused-ring (bicyclic) bond motifs is 1. The predicted octanol–water partition coefficient (Wildman–Crippen LogP) is 2.19. The molecule has 18 heavy (non-hydrogen) atoms. The number of hydrogen-bond donors (Lipinski definition) is 2. The number of nitrogens with zero attached hydrogens (tertiary/aromatic N) is 3. The van der Waals surface area contributed by atoms with Gasteiger partial charge in [-0.05, 0) is 24.3 Å². The minimum atomic E-state index is 0.492. The molecule has 2 aromatic heterocycles. The van der Waals surface area contributed by atoms with Crippen LogP contribution >= 0.6 is 0 Å². The van der Waals surface area contributed by atoms with E-state index in [4.69, 9.17) is 4.74 Å². The second kappa shape index (κ2) is 4.33. The van der Waals surface area contributed by atoms with Crippen LogP contribution in [0.4, 0.5) is 5.69 Å². The van der Waals surface area contributed by atoms with Gasteiger partial charge in [0.1, 0.15) is 17.5 Å². The van der Waals surface area contributed by atoms with Gasteiger partial charge in [-0.15, -0.1) is 0 Å². The molecule has 0 radical (unpaired) electrons. The van der Waals surface area contributed by atoms with Gasteiger partial charge in [0.25, 0.3) is 0 Å². The van der Waals surface area contributed by atoms with Gasteiger partial charge in [0.05, 0.1) is 6.20 Å². The van der Waals surface area contributed by atoms with E-state index in [0.717, 1.165) is 16.8 Å². The van der Waals surface area contributed by atoms with Gasteiger partial charge in [-0.1, -0.05) is 0 Å². The SMILES string of the molecule is CNc1ccc(Oc2ncnc3[nH]ncc23)cc1. The summed E-state index contributed by atoms with van der Waals surface area (Å²) in [6, 6.07) is 7.62. The normalized spacial score (nSPS) is 10.5. The highest BCUT2D eigenvalue weighted by Crippen LogP contribution is 2.25. The molecule has 3 aromatic rings. The number of aromatic nitrogens is 4. The highest BCUT2D eigenvalue weighted by atomic mass is 16.5. The van der Waals surface area contributed by atoms with Gasteiger partial charge in [-0.2, -0.15) is 5.10 Å². The molecule has 2 N–H and O–H groups in total. The largest absolute Gasteiger partial charge is 0.438 e. The zero-order chi connectivity index (χ0) is 12.4. The van der Waals surface area contributed by atoms with E-state index in [9.17, 15) is 0 Å². The third-order valence-corrected chi connectivity index (χ3v) is 2.57. The van der Waals surface area contributed by atoms with Gasteiger partial charge in [-0.3, -0.25) is 5.10 Å². The molecule has 0 aliphatic rings. The predicted molar refractivity (Wildman–Crippen MR) is 67.7 cm³/mol. The Kier molecular flexibility index (Phi) is 2.53. The van der Waals surface area contributed by atoms with Crippen molar-refractivity contribution in [2.75, 3.05) is 12.4 Å². The number of H-pyrrole nitrogens is 1. The zero-order valence-electron chi connectivity index (χ0n) is 9.71. The topological polar surface area (TPSA) is 75.7 Å². The Morgan fingerprint density at radius 2 is 2.00 bits per heavy atom. The van der Waals surface area contributed by atoms with Gasteiger partial charge >= 0.3 is 0 Å². The van der Waals surface area contributed by atoms with Crippen molar-refractivity contribution in [1.82, 2.24) is 20.2 Å². The van der Waals surface area contributed by atoms with Crippen molar-refractivity contribution in [2.24, 2.45) is 0 Å². The first-order valence-corrected chi connectivity index (χ1v) is 5.46. The van der Waals surface area contributed by atoms with Crippen LogP contribution in [0.25, 0.3) is 11.0 Å². The number of rotatable bonds is 3. The number of ether oxygens (including phenoxy) is 1. The van der Waals surface area contributed by atoms with E-state index in [-0.39, 0.29) is 0 Å². The molecule has 0 unspecified atom stereocenters. The van der Waals surface area contributed by atoms with Crippen molar-refractivity contribution in [3.63, 3.8) is 0 Å². The number of benzene rings is 1. The van der Waals surface area contributed by atoms with Crippen molar-refractivity contribution in [3.05, 3.63) is 36.8 Å². The fraction of sp³-hybridized carbons (Fsp3) is 0.0833. The molecule has 3 rings (SSSR count). The summed E-state index contributed by atoms with van der Waals surface area (Å²) in [6.07, 6.45) is 3.09. The van der Waals surface area contributed by atoms with Crippen LogP contribution in [0.15, 0.2) is 36.8 Å². The molecule has 0 saturated carbocycles. The van der Waals surface area contributed by atoms with Gasteiger partial charge < -0.3 is 10.1 Å². The molecule has 0 spiro atoms. The van der Waals surface area contributed by atoms with Crippen molar-refractivity contribution in [3.8, 4) is 11.6 Å². The van der Waals surface area contributed by atoms with Gasteiger partial charge in [0.15, 0.2) is 5.65 Å². The Morgan fingerprint density at radius 3 is 2.78 bits per heavy atom. The summed E-state index contributed by atoms with van der Waals surface area (Å²) in [5.74, 6) is 1.21. The van der Waals surface area contributed by atoms with Gasteiger partial charge in [0, 0.05) is 12.7 Å². The first-order valence-electron chi connectivity index (χ1n) is 5.46. The molecule has 0 aliphatic heterocycles. The van der Waals surface area contributed by atoms with E-state index >= 15 is 0 Å². The van der Waals surface area contributed by atoms with Gasteiger partial charge in [0.2, 0.25) is 5.88 Å². The van der Waals surface area contributed by atoms with Crippen molar-refractivity contribution >= 4 is 16.7 Å². The van der Waals surface area contributed by atoms with Crippen LogP contribution < -0.4 is 10.1 Å². The molecule has 6 nitrogen and oxygen atoms in total. The van der Waals surface area contributed by atoms with E-state index in [2.05, 4.69) is 25.5 Å². The maximum atomic E-state index is 5.71. The van der Waals surface area contributed by atoms with E-state index in [1.54, 1.807) is 6.20 Å². The van der Waals surface area contributed by atoms with Crippen molar-refractivity contribution < 1.29 is 4.74 Å². The molecule has 0 fully saturated rings. The van der Waals surface area contributed by atoms with Crippen LogP contribution in [-0.2, 0) is 0 Å². The second-order valence-electron chi connectivity index (χ2n) is 3.69. The number of hydrogen-bond acceptors (Lipinski definition) is 5. The highest BCUT2D eigenvalue weighted by Gasteiger charge is 2.07. The molecule has 2 heterocycles. The van der Waals surface area contributed by atoms with Gasteiger partial charge in [-0.25, -0.2) is 9.97 Å². The number of nitrogens with one attached hydrogen (secondary N) is 2. The summed E-state index contributed by atoms with van der Waals surface area (Å²) >= 11 is 0. The minimum Gasteiger partial charge on any atom is -0.438 e. The lowest BCUT2D eigenvalue weighted by Gasteiger charge is -2.06. The maximum Gasteiger partial charge on any atom is 0.233 e. The molecule has 0 atom stereocenters. The quantitative estimate of drug-likeness (QED) is 0.735. The van der Waals surface area contributed by atoms with Crippen LogP contribution in [0.1, 0.15) is 0 Å². The first kappa shape index (κ1) is 10.5. The smallest absolute Gasteiger partial charge is 0.233 e. The maximum absolute atomic E-state index is 5.71. The zero-order valence-corrected chi connectivity index (χ0v) is 9.71. The summed E-state index contributed by atoms with van der Waals surface area (Å²) in [4.78, 5) is 8.16. The van der Waals surface area contributed by atoms with Crippen molar-refractivity contribution in [1.29, 1.82) is 0 Å². The molecule has 1 aromatic carbocycles. The standard InChI is InChI=1S/C12H11N5O/c1-13-8-2-4-9(5-3-8)18-12-10-6-16-17-11(10)14-7-15-12/h2-7,13H,1H3,(H,14,15,16,17). The van der Waals surface area contributed by atoms with Crippen molar-refractivity contribution in [2.45, 2.75) is 0 Å². The number of anilines is 1. The fourth-order valence-corrected chi connectivity index (χ4v) is 1.63. The fourth-order valence-electron chi connectivity index (χ4n) is 1.63. The molecule has 0 saturated heterocycles. The molecular formula is C12H11N5O. The average molecular weight is 241 g/mol. The molecule has 6 heteroatoms. The molecule has 0 amide bonds. The van der Waals surface area contributed by atoms with E-state index in [0.29, 0.717) is 11.5 Å². The summed E-state index contributed by atoms with van der Waals surface area (Å²) in [7, 11) is 1.87. The van der Waals surface area contributed by atoms with E-state index in [1.165, 1.54) is 6.33 Å². The molecule has 0 bridgehead atoms. The van der Waals surface area contributed by atoms with Crippen LogP contribution in [0, 0.1) is 0 Å². The summed E-state index contributed by atoms with van der Waals surface area (Å²) in [6.45, 7) is 0. The first-order chi connectivity index (χ1) is 8.86. The molecule has 0 aliphatic carbocycles. The Bertz CT molecular complexity index is 662. The Hall–Kier alpha value is -2.63. The van der Waals surface area contributed by atoms with Crippen LogP contribution in [0.5, 0.6) is 11.6 Å². The van der Waals surface area contributed by atoms with Crippen LogP contribution in [-0.4, -0.2) is 27.2 Å². The van der Waals surface area contributed by atoms with E-state index in [1.807, 2.05) is 31.3 Å². The third kappa shape index (κ3) is 1.84. The van der Waals surface area contributed by atoms with Crippen LogP contribution in [0.3, 0.4) is 0 Å².